The Morgan fingerprint density at radius 3 is 2.54 bits per heavy atom. The van der Waals surface area contributed by atoms with E-state index in [1.54, 1.807) is 37.3 Å². The predicted octanol–water partition coefficient (Wildman–Crippen LogP) is 5.58. The van der Waals surface area contributed by atoms with Gasteiger partial charge < -0.3 is 14.2 Å². The van der Waals surface area contributed by atoms with Crippen LogP contribution in [-0.4, -0.2) is 25.3 Å². The van der Waals surface area contributed by atoms with Crippen LogP contribution in [0.2, 0.25) is 10.0 Å². The van der Waals surface area contributed by atoms with Gasteiger partial charge in [-0.05, 0) is 50.6 Å². The maximum atomic E-state index is 12.1. The highest BCUT2D eigenvalue weighted by Gasteiger charge is 2.16. The van der Waals surface area contributed by atoms with Gasteiger partial charge in [-0.15, -0.1) is 0 Å². The van der Waals surface area contributed by atoms with E-state index in [4.69, 9.17) is 37.4 Å². The van der Waals surface area contributed by atoms with Crippen LogP contribution in [0.1, 0.15) is 36.7 Å². The van der Waals surface area contributed by atoms with E-state index < -0.39 is 5.97 Å². The van der Waals surface area contributed by atoms with Gasteiger partial charge in [-0.2, -0.15) is 0 Å². The Morgan fingerprint density at radius 2 is 1.88 bits per heavy atom. The maximum absolute atomic E-state index is 12.1. The van der Waals surface area contributed by atoms with Crippen molar-refractivity contribution < 1.29 is 19.0 Å². The molecule has 0 atom stereocenters. The molecule has 0 radical (unpaired) electrons. The summed E-state index contributed by atoms with van der Waals surface area (Å²) >= 11 is 12.1. The molecule has 0 spiro atoms. The van der Waals surface area contributed by atoms with E-state index in [2.05, 4.69) is 0 Å². The molecule has 0 aliphatic heterocycles. The van der Waals surface area contributed by atoms with Gasteiger partial charge in [0.05, 0.1) is 19.3 Å². The van der Waals surface area contributed by atoms with Gasteiger partial charge in [-0.3, -0.25) is 0 Å². The first-order valence-corrected chi connectivity index (χ1v) is 9.20. The number of hydrogen-bond donors (Lipinski definition) is 0. The Hall–Kier alpha value is -1.91. The fourth-order valence-electron chi connectivity index (χ4n) is 2.34. The largest absolute Gasteiger partial charge is 0.492 e. The minimum absolute atomic E-state index is 0.0177. The normalized spacial score (nSPS) is 10.7. The van der Waals surface area contributed by atoms with Crippen molar-refractivity contribution in [3.05, 3.63) is 57.6 Å². The molecule has 2 aromatic carbocycles. The molecular formula is C20H22Cl2O4. The van der Waals surface area contributed by atoms with Gasteiger partial charge in [-0.25, -0.2) is 4.79 Å². The summed E-state index contributed by atoms with van der Waals surface area (Å²) in [6.45, 7) is 6.27. The Balaban J connectivity index is 2.14. The van der Waals surface area contributed by atoms with Crippen LogP contribution in [0.3, 0.4) is 0 Å². The van der Waals surface area contributed by atoms with Crippen molar-refractivity contribution in [3.8, 4) is 11.5 Å². The molecule has 2 aromatic rings. The van der Waals surface area contributed by atoms with E-state index in [0.717, 1.165) is 5.56 Å². The van der Waals surface area contributed by atoms with Crippen LogP contribution < -0.4 is 9.47 Å². The first-order valence-electron chi connectivity index (χ1n) is 8.45. The molecule has 0 saturated carbocycles. The summed E-state index contributed by atoms with van der Waals surface area (Å²) < 4.78 is 16.6. The van der Waals surface area contributed by atoms with Crippen LogP contribution in [0.25, 0.3) is 0 Å². The summed E-state index contributed by atoms with van der Waals surface area (Å²) in [7, 11) is 0. The van der Waals surface area contributed by atoms with E-state index in [1.165, 1.54) is 0 Å². The maximum Gasteiger partial charge on any atom is 0.341 e. The third kappa shape index (κ3) is 5.82. The molecule has 26 heavy (non-hydrogen) atoms. The zero-order valence-electron chi connectivity index (χ0n) is 15.1. The monoisotopic (exact) mass is 396 g/mol. The highest BCUT2D eigenvalue weighted by atomic mass is 35.5. The van der Waals surface area contributed by atoms with Crippen molar-refractivity contribution in [2.24, 2.45) is 0 Å². The molecule has 2 rings (SSSR count). The van der Waals surface area contributed by atoms with E-state index in [-0.39, 0.29) is 6.10 Å². The fraction of sp³-hybridized carbons (Fsp3) is 0.350. The topological polar surface area (TPSA) is 44.8 Å². The molecular weight excluding hydrogens is 375 g/mol. The summed E-state index contributed by atoms with van der Waals surface area (Å²) in [5, 5.41) is 1.17. The third-order valence-electron chi connectivity index (χ3n) is 3.46. The number of ether oxygens (including phenoxy) is 3. The lowest BCUT2D eigenvalue weighted by molar-refractivity contribution is 0.0521. The van der Waals surface area contributed by atoms with Crippen molar-refractivity contribution in [2.45, 2.75) is 33.3 Å². The van der Waals surface area contributed by atoms with Gasteiger partial charge in [0.15, 0.2) is 0 Å². The smallest absolute Gasteiger partial charge is 0.341 e. The summed E-state index contributed by atoms with van der Waals surface area (Å²) in [4.78, 5) is 12.1. The quantitative estimate of drug-likeness (QED) is 0.546. The summed E-state index contributed by atoms with van der Waals surface area (Å²) in [5.41, 5.74) is 1.29. The molecule has 140 valence electrons. The third-order valence-corrected chi connectivity index (χ3v) is 4.05. The Bertz CT molecular complexity index is 759. The van der Waals surface area contributed by atoms with Crippen LogP contribution in [-0.2, 0) is 11.2 Å². The molecule has 0 fully saturated rings. The SMILES string of the molecule is CCOC(=O)c1ccc(OC(C)C)cc1OCCc1ccc(Cl)cc1Cl. The molecule has 0 aromatic heterocycles. The lowest BCUT2D eigenvalue weighted by Gasteiger charge is -2.15. The average molecular weight is 397 g/mol. The van der Waals surface area contributed by atoms with Gasteiger partial charge in [0.2, 0.25) is 0 Å². The van der Waals surface area contributed by atoms with E-state index in [9.17, 15) is 4.79 Å². The first kappa shape index (κ1) is 20.4. The fourth-order valence-corrected chi connectivity index (χ4v) is 2.84. The second-order valence-electron chi connectivity index (χ2n) is 5.88. The number of halogens is 2. The van der Waals surface area contributed by atoms with Crippen LogP contribution in [0.4, 0.5) is 0 Å². The highest BCUT2D eigenvalue weighted by Crippen LogP contribution is 2.27. The first-order chi connectivity index (χ1) is 12.4. The summed E-state index contributed by atoms with van der Waals surface area (Å²) in [6.07, 6.45) is 0.595. The van der Waals surface area contributed by atoms with Crippen LogP contribution in [0.5, 0.6) is 11.5 Å². The minimum atomic E-state index is -0.428. The number of benzene rings is 2. The summed E-state index contributed by atoms with van der Waals surface area (Å²) in [5.74, 6) is 0.627. The molecule has 0 saturated heterocycles. The van der Waals surface area contributed by atoms with Crippen LogP contribution >= 0.6 is 23.2 Å². The van der Waals surface area contributed by atoms with Gasteiger partial charge >= 0.3 is 5.97 Å². The number of esters is 1. The Labute approximate surface area is 164 Å². The highest BCUT2D eigenvalue weighted by molar-refractivity contribution is 6.35. The lowest BCUT2D eigenvalue weighted by Crippen LogP contribution is -2.11. The van der Waals surface area contributed by atoms with Crippen molar-refractivity contribution in [3.63, 3.8) is 0 Å². The average Bonchev–Trinajstić information content (AvgIpc) is 2.56. The molecule has 0 bridgehead atoms. The molecule has 0 amide bonds. The van der Waals surface area contributed by atoms with Gasteiger partial charge in [0, 0.05) is 22.5 Å². The van der Waals surface area contributed by atoms with Crippen LogP contribution in [0, 0.1) is 0 Å². The number of carbonyl (C=O) groups is 1. The van der Waals surface area contributed by atoms with Gasteiger partial charge in [0.1, 0.15) is 17.1 Å². The zero-order chi connectivity index (χ0) is 19.1. The van der Waals surface area contributed by atoms with E-state index >= 15 is 0 Å². The minimum Gasteiger partial charge on any atom is -0.492 e. The number of hydrogen-bond acceptors (Lipinski definition) is 4. The van der Waals surface area contributed by atoms with Crippen molar-refractivity contribution in [1.29, 1.82) is 0 Å². The standard InChI is InChI=1S/C20H22Cl2O4/c1-4-24-20(23)17-8-7-16(26-13(2)3)12-19(17)25-10-9-14-5-6-15(21)11-18(14)22/h5-8,11-13H,4,9-10H2,1-3H3. The number of carbonyl (C=O) groups excluding carboxylic acids is 1. The Morgan fingerprint density at radius 1 is 1.12 bits per heavy atom. The van der Waals surface area contributed by atoms with Crippen molar-refractivity contribution in [2.75, 3.05) is 13.2 Å². The summed E-state index contributed by atoms with van der Waals surface area (Å²) in [6, 6.07) is 10.4. The van der Waals surface area contributed by atoms with Gasteiger partial charge in [-0.1, -0.05) is 29.3 Å². The zero-order valence-corrected chi connectivity index (χ0v) is 16.6. The molecule has 0 aliphatic rings. The van der Waals surface area contributed by atoms with E-state index in [0.29, 0.717) is 46.7 Å². The second kappa shape index (κ2) is 9.70. The molecule has 4 nitrogen and oxygen atoms in total. The van der Waals surface area contributed by atoms with Crippen LogP contribution in [0.15, 0.2) is 36.4 Å². The second-order valence-corrected chi connectivity index (χ2v) is 6.72. The molecule has 0 N–H and O–H groups in total. The number of rotatable bonds is 8. The lowest BCUT2D eigenvalue weighted by atomic mass is 10.1. The molecule has 6 heteroatoms. The molecule has 0 heterocycles. The predicted molar refractivity (Wildman–Crippen MR) is 104 cm³/mol. The Kier molecular flexibility index (Phi) is 7.61. The van der Waals surface area contributed by atoms with E-state index in [1.807, 2.05) is 19.9 Å². The van der Waals surface area contributed by atoms with Crippen molar-refractivity contribution in [1.82, 2.24) is 0 Å². The van der Waals surface area contributed by atoms with Gasteiger partial charge in [0.25, 0.3) is 0 Å². The molecule has 0 unspecified atom stereocenters. The van der Waals surface area contributed by atoms with Crippen molar-refractivity contribution >= 4 is 29.2 Å². The molecule has 0 aliphatic carbocycles.